The molecule has 2 aromatic rings. The van der Waals surface area contributed by atoms with E-state index >= 15 is 0 Å². The fourth-order valence-corrected chi connectivity index (χ4v) is 1.97. The molecule has 112 valence electrons. The van der Waals surface area contributed by atoms with E-state index in [2.05, 4.69) is 10.4 Å². The van der Waals surface area contributed by atoms with Crippen molar-refractivity contribution in [2.75, 3.05) is 19.0 Å². The molecule has 3 N–H and O–H groups in total. The van der Waals surface area contributed by atoms with Gasteiger partial charge in [-0.05, 0) is 5.56 Å². The number of amides is 1. The van der Waals surface area contributed by atoms with Gasteiger partial charge in [-0.25, -0.2) is 0 Å². The smallest absolute Gasteiger partial charge is 0.227 e. The first kappa shape index (κ1) is 15.2. The lowest BCUT2D eigenvalue weighted by molar-refractivity contribution is -0.118. The van der Waals surface area contributed by atoms with Gasteiger partial charge < -0.3 is 15.8 Å². The molecule has 2 rings (SSSR count). The monoisotopic (exact) mass is 288 g/mol. The number of hydrogen-bond donors (Lipinski definition) is 2. The number of rotatable bonds is 7. The average Bonchev–Trinajstić information content (AvgIpc) is 2.92. The molecule has 1 aromatic heterocycles. The quantitative estimate of drug-likeness (QED) is 0.803. The molecule has 21 heavy (non-hydrogen) atoms. The molecular formula is C15H20N4O2. The molecule has 0 fully saturated rings. The summed E-state index contributed by atoms with van der Waals surface area (Å²) >= 11 is 0. The molecular weight excluding hydrogens is 268 g/mol. The van der Waals surface area contributed by atoms with Gasteiger partial charge in [0.25, 0.3) is 0 Å². The van der Waals surface area contributed by atoms with Crippen molar-refractivity contribution in [3.05, 3.63) is 48.3 Å². The summed E-state index contributed by atoms with van der Waals surface area (Å²) in [5.41, 5.74) is 7.32. The zero-order valence-corrected chi connectivity index (χ0v) is 12.0. The molecule has 0 radical (unpaired) electrons. The van der Waals surface area contributed by atoms with Crippen LogP contribution in [-0.2, 0) is 16.1 Å². The van der Waals surface area contributed by atoms with E-state index in [9.17, 15) is 4.79 Å². The standard InChI is InChI=1S/C15H20N4O2/c1-21-14(8-16)7-15(20)18-13-9-17-19(11-13)10-12-5-3-2-4-6-12/h2-6,9,11,14H,7-8,10,16H2,1H3,(H,18,20). The highest BCUT2D eigenvalue weighted by Gasteiger charge is 2.12. The van der Waals surface area contributed by atoms with E-state index in [1.165, 1.54) is 0 Å². The highest BCUT2D eigenvalue weighted by Crippen LogP contribution is 2.09. The third-order valence-electron chi connectivity index (χ3n) is 3.11. The summed E-state index contributed by atoms with van der Waals surface area (Å²) in [6, 6.07) is 10.0. The summed E-state index contributed by atoms with van der Waals surface area (Å²) < 4.78 is 6.86. The Bertz CT molecular complexity index is 564. The molecule has 1 aromatic carbocycles. The lowest BCUT2D eigenvalue weighted by Gasteiger charge is -2.11. The van der Waals surface area contributed by atoms with E-state index in [0.29, 0.717) is 18.8 Å². The van der Waals surface area contributed by atoms with Gasteiger partial charge in [-0.3, -0.25) is 9.48 Å². The second-order valence-electron chi connectivity index (χ2n) is 4.76. The normalized spacial score (nSPS) is 12.1. The highest BCUT2D eigenvalue weighted by molar-refractivity contribution is 5.90. The van der Waals surface area contributed by atoms with E-state index in [4.69, 9.17) is 10.5 Å². The second-order valence-corrected chi connectivity index (χ2v) is 4.76. The molecule has 1 amide bonds. The molecule has 0 aliphatic rings. The highest BCUT2D eigenvalue weighted by atomic mass is 16.5. The first-order valence-corrected chi connectivity index (χ1v) is 6.80. The van der Waals surface area contributed by atoms with Crippen molar-refractivity contribution >= 4 is 11.6 Å². The Morgan fingerprint density at radius 1 is 1.43 bits per heavy atom. The van der Waals surface area contributed by atoms with E-state index in [1.54, 1.807) is 24.2 Å². The van der Waals surface area contributed by atoms with Crippen molar-refractivity contribution in [3.63, 3.8) is 0 Å². The lowest BCUT2D eigenvalue weighted by Crippen LogP contribution is -2.28. The van der Waals surface area contributed by atoms with E-state index in [-0.39, 0.29) is 18.4 Å². The first-order valence-electron chi connectivity index (χ1n) is 6.80. The second kappa shape index (κ2) is 7.56. The summed E-state index contributed by atoms with van der Waals surface area (Å²) in [4.78, 5) is 11.8. The number of methoxy groups -OCH3 is 1. The van der Waals surface area contributed by atoms with Gasteiger partial charge in [-0.15, -0.1) is 0 Å². The molecule has 0 bridgehead atoms. The van der Waals surface area contributed by atoms with Gasteiger partial charge in [0.2, 0.25) is 5.91 Å². The maximum atomic E-state index is 11.8. The van der Waals surface area contributed by atoms with Gasteiger partial charge in [0.05, 0.1) is 31.0 Å². The average molecular weight is 288 g/mol. The molecule has 0 saturated heterocycles. The Balaban J connectivity index is 1.89. The summed E-state index contributed by atoms with van der Waals surface area (Å²) in [5, 5.41) is 7.02. The minimum atomic E-state index is -0.260. The number of nitrogens with zero attached hydrogens (tertiary/aromatic N) is 2. The number of nitrogens with two attached hydrogens (primary N) is 1. The van der Waals surface area contributed by atoms with E-state index in [1.807, 2.05) is 30.3 Å². The summed E-state index contributed by atoms with van der Waals surface area (Å²) in [6.45, 7) is 0.984. The predicted molar refractivity (Wildman–Crippen MR) is 80.9 cm³/mol. The van der Waals surface area contributed by atoms with Gasteiger partial charge in [0, 0.05) is 19.9 Å². The number of nitrogens with one attached hydrogen (secondary N) is 1. The molecule has 6 nitrogen and oxygen atoms in total. The number of aromatic nitrogens is 2. The topological polar surface area (TPSA) is 82.2 Å². The SMILES string of the molecule is COC(CN)CC(=O)Nc1cnn(Cc2ccccc2)c1. The Labute approximate surface area is 123 Å². The Kier molecular flexibility index (Phi) is 5.48. The molecule has 0 aliphatic heterocycles. The van der Waals surface area contributed by atoms with Gasteiger partial charge in [0.1, 0.15) is 0 Å². The fraction of sp³-hybridized carbons (Fsp3) is 0.333. The lowest BCUT2D eigenvalue weighted by atomic mass is 10.2. The third-order valence-corrected chi connectivity index (χ3v) is 3.11. The van der Waals surface area contributed by atoms with Gasteiger partial charge in [-0.2, -0.15) is 5.10 Å². The van der Waals surface area contributed by atoms with Crippen LogP contribution >= 0.6 is 0 Å². The molecule has 0 aliphatic carbocycles. The van der Waals surface area contributed by atoms with Crippen molar-refractivity contribution in [3.8, 4) is 0 Å². The summed E-state index contributed by atoms with van der Waals surface area (Å²) in [7, 11) is 1.54. The van der Waals surface area contributed by atoms with Crippen LogP contribution in [0.2, 0.25) is 0 Å². The number of carbonyl (C=O) groups is 1. The molecule has 1 unspecified atom stereocenters. The van der Waals surface area contributed by atoms with Crippen molar-refractivity contribution < 1.29 is 9.53 Å². The molecule has 1 atom stereocenters. The summed E-state index contributed by atoms with van der Waals surface area (Å²) in [5.74, 6) is -0.133. The van der Waals surface area contributed by atoms with E-state index in [0.717, 1.165) is 5.56 Å². The number of ether oxygens (including phenoxy) is 1. The van der Waals surface area contributed by atoms with Crippen LogP contribution < -0.4 is 11.1 Å². The van der Waals surface area contributed by atoms with Crippen LogP contribution in [0.5, 0.6) is 0 Å². The Morgan fingerprint density at radius 3 is 2.86 bits per heavy atom. The number of anilines is 1. The predicted octanol–water partition coefficient (Wildman–Crippen LogP) is 1.23. The van der Waals surface area contributed by atoms with Crippen molar-refractivity contribution in [1.29, 1.82) is 0 Å². The van der Waals surface area contributed by atoms with Gasteiger partial charge in [-0.1, -0.05) is 30.3 Å². The van der Waals surface area contributed by atoms with Crippen LogP contribution in [-0.4, -0.2) is 35.4 Å². The van der Waals surface area contributed by atoms with Crippen molar-refractivity contribution in [2.24, 2.45) is 5.73 Å². The Hall–Kier alpha value is -2.18. The zero-order chi connectivity index (χ0) is 15.1. The number of carbonyl (C=O) groups excluding carboxylic acids is 1. The van der Waals surface area contributed by atoms with Crippen LogP contribution in [0.4, 0.5) is 5.69 Å². The molecule has 6 heteroatoms. The first-order chi connectivity index (χ1) is 10.2. The minimum Gasteiger partial charge on any atom is -0.380 e. The van der Waals surface area contributed by atoms with Crippen LogP contribution in [0.3, 0.4) is 0 Å². The number of benzene rings is 1. The Morgan fingerprint density at radius 2 is 2.19 bits per heavy atom. The largest absolute Gasteiger partial charge is 0.380 e. The molecule has 0 spiro atoms. The molecule has 0 saturated carbocycles. The van der Waals surface area contributed by atoms with Crippen LogP contribution in [0, 0.1) is 0 Å². The van der Waals surface area contributed by atoms with Crippen LogP contribution in [0.25, 0.3) is 0 Å². The fourth-order valence-electron chi connectivity index (χ4n) is 1.97. The van der Waals surface area contributed by atoms with Crippen LogP contribution in [0.1, 0.15) is 12.0 Å². The van der Waals surface area contributed by atoms with Crippen LogP contribution in [0.15, 0.2) is 42.7 Å². The third kappa shape index (κ3) is 4.70. The van der Waals surface area contributed by atoms with Gasteiger partial charge in [0.15, 0.2) is 0 Å². The minimum absolute atomic E-state index is 0.133. The number of hydrogen-bond acceptors (Lipinski definition) is 4. The zero-order valence-electron chi connectivity index (χ0n) is 12.0. The van der Waals surface area contributed by atoms with Crippen molar-refractivity contribution in [1.82, 2.24) is 9.78 Å². The summed E-state index contributed by atoms with van der Waals surface area (Å²) in [6.07, 6.45) is 3.40. The van der Waals surface area contributed by atoms with Crippen molar-refractivity contribution in [2.45, 2.75) is 19.1 Å². The molecule has 1 heterocycles. The van der Waals surface area contributed by atoms with Gasteiger partial charge >= 0.3 is 0 Å². The maximum Gasteiger partial charge on any atom is 0.227 e. The maximum absolute atomic E-state index is 11.8. The van der Waals surface area contributed by atoms with E-state index < -0.39 is 0 Å².